The van der Waals surface area contributed by atoms with E-state index in [-0.39, 0.29) is 0 Å². The van der Waals surface area contributed by atoms with Crippen LogP contribution in [0.3, 0.4) is 0 Å². The second kappa shape index (κ2) is 9.27. The molecular formula is C17H29N3O. The van der Waals surface area contributed by atoms with E-state index in [0.717, 1.165) is 36.8 Å². The molecular weight excluding hydrogens is 262 g/mol. The van der Waals surface area contributed by atoms with E-state index in [1.807, 2.05) is 0 Å². The van der Waals surface area contributed by atoms with E-state index in [9.17, 15) is 0 Å². The number of nitrogens with zero attached hydrogens (tertiary/aromatic N) is 1. The maximum Gasteiger partial charge on any atom is 0.191 e. The van der Waals surface area contributed by atoms with Crippen LogP contribution < -0.4 is 15.4 Å². The summed E-state index contributed by atoms with van der Waals surface area (Å²) in [4.78, 5) is 4.24. The molecule has 4 nitrogen and oxygen atoms in total. The standard InChI is InChI=1S/C17H29N3O/c1-6-9-21-16-10-14(4)7-8-15(16)12-20-17(18-5)19-11-13(2)3/h7-8,10,13H,6,9,11-12H2,1-5H3,(H2,18,19,20). The van der Waals surface area contributed by atoms with Crippen LogP contribution in [0.1, 0.15) is 38.3 Å². The van der Waals surface area contributed by atoms with Gasteiger partial charge in [-0.15, -0.1) is 0 Å². The first kappa shape index (κ1) is 17.3. The molecule has 0 aromatic heterocycles. The van der Waals surface area contributed by atoms with E-state index in [1.165, 1.54) is 5.56 Å². The predicted molar refractivity (Wildman–Crippen MR) is 90.0 cm³/mol. The minimum atomic E-state index is 0.589. The molecule has 21 heavy (non-hydrogen) atoms. The summed E-state index contributed by atoms with van der Waals surface area (Å²) in [6, 6.07) is 6.32. The second-order valence-electron chi connectivity index (χ2n) is 5.66. The number of hydrogen-bond donors (Lipinski definition) is 2. The highest BCUT2D eigenvalue weighted by atomic mass is 16.5. The van der Waals surface area contributed by atoms with Gasteiger partial charge in [-0.25, -0.2) is 0 Å². The van der Waals surface area contributed by atoms with Crippen molar-refractivity contribution in [2.45, 2.75) is 40.7 Å². The quantitative estimate of drug-likeness (QED) is 0.599. The number of aliphatic imine (C=N–C) groups is 1. The van der Waals surface area contributed by atoms with Gasteiger partial charge in [-0.05, 0) is 30.9 Å². The molecule has 118 valence electrons. The first-order chi connectivity index (χ1) is 10.1. The lowest BCUT2D eigenvalue weighted by atomic mass is 10.1. The van der Waals surface area contributed by atoms with E-state index >= 15 is 0 Å². The minimum absolute atomic E-state index is 0.589. The highest BCUT2D eigenvalue weighted by molar-refractivity contribution is 5.79. The number of rotatable bonds is 7. The van der Waals surface area contributed by atoms with Gasteiger partial charge in [0.05, 0.1) is 6.61 Å². The molecule has 0 aliphatic rings. The van der Waals surface area contributed by atoms with Gasteiger partial charge in [0, 0.05) is 25.7 Å². The zero-order valence-electron chi connectivity index (χ0n) is 14.0. The van der Waals surface area contributed by atoms with Gasteiger partial charge < -0.3 is 15.4 Å². The van der Waals surface area contributed by atoms with E-state index in [0.29, 0.717) is 12.5 Å². The highest BCUT2D eigenvalue weighted by Crippen LogP contribution is 2.20. The van der Waals surface area contributed by atoms with Crippen LogP contribution in [0.2, 0.25) is 0 Å². The SMILES string of the molecule is CCCOc1cc(C)ccc1CNC(=NC)NCC(C)C. The number of guanidine groups is 1. The number of aryl methyl sites for hydroxylation is 1. The number of ether oxygens (including phenoxy) is 1. The summed E-state index contributed by atoms with van der Waals surface area (Å²) >= 11 is 0. The molecule has 0 bridgehead atoms. The number of hydrogen-bond acceptors (Lipinski definition) is 2. The molecule has 4 heteroatoms. The third kappa shape index (κ3) is 6.52. The van der Waals surface area contributed by atoms with Gasteiger partial charge in [0.1, 0.15) is 5.75 Å². The molecule has 0 heterocycles. The monoisotopic (exact) mass is 291 g/mol. The summed E-state index contributed by atoms with van der Waals surface area (Å²) in [5, 5.41) is 6.65. The Morgan fingerprint density at radius 3 is 2.67 bits per heavy atom. The first-order valence-corrected chi connectivity index (χ1v) is 7.73. The molecule has 2 N–H and O–H groups in total. The minimum Gasteiger partial charge on any atom is -0.493 e. The smallest absolute Gasteiger partial charge is 0.191 e. The molecule has 0 spiro atoms. The van der Waals surface area contributed by atoms with Crippen molar-refractivity contribution in [2.24, 2.45) is 10.9 Å². The van der Waals surface area contributed by atoms with Crippen molar-refractivity contribution in [3.63, 3.8) is 0 Å². The van der Waals surface area contributed by atoms with Gasteiger partial charge in [-0.3, -0.25) is 4.99 Å². The predicted octanol–water partition coefficient (Wildman–Crippen LogP) is 3.10. The Balaban J connectivity index is 2.64. The van der Waals surface area contributed by atoms with Crippen molar-refractivity contribution in [3.05, 3.63) is 29.3 Å². The van der Waals surface area contributed by atoms with Crippen LogP contribution in [0, 0.1) is 12.8 Å². The lowest BCUT2D eigenvalue weighted by Gasteiger charge is -2.16. The average molecular weight is 291 g/mol. The molecule has 0 saturated heterocycles. The Hall–Kier alpha value is -1.71. The maximum atomic E-state index is 5.83. The Labute approximate surface area is 129 Å². The molecule has 1 aromatic carbocycles. The third-order valence-electron chi connectivity index (χ3n) is 3.03. The van der Waals surface area contributed by atoms with Gasteiger partial charge in [-0.2, -0.15) is 0 Å². The largest absolute Gasteiger partial charge is 0.493 e. The first-order valence-electron chi connectivity index (χ1n) is 7.73. The number of nitrogens with one attached hydrogen (secondary N) is 2. The lowest BCUT2D eigenvalue weighted by Crippen LogP contribution is -2.38. The zero-order chi connectivity index (χ0) is 15.7. The van der Waals surface area contributed by atoms with Crippen LogP contribution in [0.25, 0.3) is 0 Å². The fourth-order valence-corrected chi connectivity index (χ4v) is 1.85. The van der Waals surface area contributed by atoms with Crippen LogP contribution in [-0.4, -0.2) is 26.2 Å². The summed E-state index contributed by atoms with van der Waals surface area (Å²) in [5.74, 6) is 2.38. The number of benzene rings is 1. The van der Waals surface area contributed by atoms with Gasteiger partial charge in [0.25, 0.3) is 0 Å². The lowest BCUT2D eigenvalue weighted by molar-refractivity contribution is 0.313. The Kier molecular flexibility index (Phi) is 7.65. The third-order valence-corrected chi connectivity index (χ3v) is 3.03. The normalized spacial score (nSPS) is 11.6. The van der Waals surface area contributed by atoms with Crippen LogP contribution in [0.15, 0.2) is 23.2 Å². The summed E-state index contributed by atoms with van der Waals surface area (Å²) in [6.07, 6.45) is 1.01. The van der Waals surface area contributed by atoms with Crippen molar-refractivity contribution in [3.8, 4) is 5.75 Å². The van der Waals surface area contributed by atoms with E-state index in [4.69, 9.17) is 4.74 Å². The van der Waals surface area contributed by atoms with Crippen LogP contribution >= 0.6 is 0 Å². The Morgan fingerprint density at radius 1 is 1.29 bits per heavy atom. The molecule has 1 aromatic rings. The molecule has 0 fully saturated rings. The van der Waals surface area contributed by atoms with E-state index < -0.39 is 0 Å². The summed E-state index contributed by atoms with van der Waals surface area (Å²) < 4.78 is 5.83. The molecule has 0 unspecified atom stereocenters. The molecule has 0 aliphatic heterocycles. The highest BCUT2D eigenvalue weighted by Gasteiger charge is 2.06. The molecule has 0 amide bonds. The molecule has 0 radical (unpaired) electrons. The average Bonchev–Trinajstić information content (AvgIpc) is 2.46. The summed E-state index contributed by atoms with van der Waals surface area (Å²) in [7, 11) is 1.79. The van der Waals surface area contributed by atoms with Crippen molar-refractivity contribution in [1.29, 1.82) is 0 Å². The van der Waals surface area contributed by atoms with Crippen molar-refractivity contribution in [2.75, 3.05) is 20.2 Å². The fraction of sp³-hybridized carbons (Fsp3) is 0.588. The van der Waals surface area contributed by atoms with E-state index in [1.54, 1.807) is 7.05 Å². The zero-order valence-corrected chi connectivity index (χ0v) is 14.0. The second-order valence-corrected chi connectivity index (χ2v) is 5.66. The van der Waals surface area contributed by atoms with Crippen molar-refractivity contribution in [1.82, 2.24) is 10.6 Å². The Bertz CT molecular complexity index is 455. The van der Waals surface area contributed by atoms with Crippen LogP contribution in [0.4, 0.5) is 0 Å². The topological polar surface area (TPSA) is 45.6 Å². The molecule has 1 rings (SSSR count). The summed E-state index contributed by atoms with van der Waals surface area (Å²) in [6.45, 7) is 10.9. The maximum absolute atomic E-state index is 5.83. The summed E-state index contributed by atoms with van der Waals surface area (Å²) in [5.41, 5.74) is 2.37. The van der Waals surface area contributed by atoms with Crippen molar-refractivity contribution < 1.29 is 4.74 Å². The van der Waals surface area contributed by atoms with Gasteiger partial charge >= 0.3 is 0 Å². The fourth-order valence-electron chi connectivity index (χ4n) is 1.85. The Morgan fingerprint density at radius 2 is 2.05 bits per heavy atom. The molecule has 0 atom stereocenters. The van der Waals surface area contributed by atoms with Gasteiger partial charge in [-0.1, -0.05) is 32.9 Å². The van der Waals surface area contributed by atoms with Gasteiger partial charge in [0.15, 0.2) is 5.96 Å². The van der Waals surface area contributed by atoms with Gasteiger partial charge in [0.2, 0.25) is 0 Å². The molecule has 0 saturated carbocycles. The van der Waals surface area contributed by atoms with E-state index in [2.05, 4.69) is 61.5 Å². The van der Waals surface area contributed by atoms with Crippen molar-refractivity contribution >= 4 is 5.96 Å². The molecule has 0 aliphatic carbocycles. The van der Waals surface area contributed by atoms with Crippen LogP contribution in [-0.2, 0) is 6.54 Å². The van der Waals surface area contributed by atoms with Crippen LogP contribution in [0.5, 0.6) is 5.75 Å².